The molecule has 0 aliphatic carbocycles. The van der Waals surface area contributed by atoms with Crippen molar-refractivity contribution in [1.29, 1.82) is 0 Å². The molecule has 2 aliphatic rings. The molecule has 2 fully saturated rings. The Morgan fingerprint density at radius 2 is 1.90 bits per heavy atom. The number of carboxylic acid groups (broad SMARTS) is 1. The van der Waals surface area contributed by atoms with Crippen LogP contribution in [0.25, 0.3) is 0 Å². The molecular weight excluding hydrogens is 258 g/mol. The SMILES string of the molecule is CC1CCN(C(=O)N2CCCC(N(C)C)C2)C1C(=O)O. The zero-order chi connectivity index (χ0) is 14.9. The third-order valence-electron chi connectivity index (χ3n) is 4.60. The lowest BCUT2D eigenvalue weighted by Crippen LogP contribution is -2.54. The summed E-state index contributed by atoms with van der Waals surface area (Å²) in [7, 11) is 4.05. The molecule has 0 radical (unpaired) electrons. The minimum absolute atomic E-state index is 0.0332. The van der Waals surface area contributed by atoms with Crippen LogP contribution < -0.4 is 0 Å². The van der Waals surface area contributed by atoms with Gasteiger partial charge in [0.1, 0.15) is 6.04 Å². The van der Waals surface area contributed by atoms with Gasteiger partial charge in [0.2, 0.25) is 0 Å². The Kier molecular flexibility index (Phi) is 4.52. The fourth-order valence-corrected chi connectivity index (χ4v) is 3.27. The number of likely N-dealkylation sites (N-methyl/N-ethyl adjacent to an activating group) is 1. The molecular formula is C14H25N3O3. The molecule has 6 heteroatoms. The quantitative estimate of drug-likeness (QED) is 0.819. The van der Waals surface area contributed by atoms with E-state index < -0.39 is 12.0 Å². The van der Waals surface area contributed by atoms with E-state index in [1.54, 1.807) is 4.90 Å². The smallest absolute Gasteiger partial charge is 0.326 e. The number of amides is 2. The molecule has 0 aromatic heterocycles. The molecule has 1 N–H and O–H groups in total. The second-order valence-corrected chi connectivity index (χ2v) is 6.23. The number of aliphatic carboxylic acids is 1. The number of nitrogens with zero attached hydrogens (tertiary/aromatic N) is 3. The molecule has 3 atom stereocenters. The summed E-state index contributed by atoms with van der Waals surface area (Å²) in [6.07, 6.45) is 2.85. The van der Waals surface area contributed by atoms with Crippen molar-refractivity contribution in [2.75, 3.05) is 33.7 Å². The van der Waals surface area contributed by atoms with Gasteiger partial charge in [-0.1, -0.05) is 6.92 Å². The molecule has 3 unspecified atom stereocenters. The minimum Gasteiger partial charge on any atom is -0.480 e. The van der Waals surface area contributed by atoms with Crippen molar-refractivity contribution >= 4 is 12.0 Å². The van der Waals surface area contributed by atoms with Gasteiger partial charge in [0.05, 0.1) is 0 Å². The fraction of sp³-hybridized carbons (Fsp3) is 0.857. The maximum atomic E-state index is 12.6. The Balaban J connectivity index is 2.05. The van der Waals surface area contributed by atoms with Crippen LogP contribution in [0.1, 0.15) is 26.2 Å². The van der Waals surface area contributed by atoms with Crippen molar-refractivity contribution in [2.24, 2.45) is 5.92 Å². The first-order valence-corrected chi connectivity index (χ1v) is 7.36. The average molecular weight is 283 g/mol. The molecule has 6 nitrogen and oxygen atoms in total. The Labute approximate surface area is 120 Å². The topological polar surface area (TPSA) is 64.1 Å². The van der Waals surface area contributed by atoms with E-state index in [0.29, 0.717) is 19.1 Å². The van der Waals surface area contributed by atoms with Gasteiger partial charge in [0.15, 0.2) is 0 Å². The van der Waals surface area contributed by atoms with E-state index >= 15 is 0 Å². The number of carbonyl (C=O) groups is 2. The van der Waals surface area contributed by atoms with E-state index in [4.69, 9.17) is 0 Å². The summed E-state index contributed by atoms with van der Waals surface area (Å²) < 4.78 is 0. The van der Waals surface area contributed by atoms with Crippen molar-refractivity contribution in [3.63, 3.8) is 0 Å². The summed E-state index contributed by atoms with van der Waals surface area (Å²) in [4.78, 5) is 29.5. The number of rotatable bonds is 2. The molecule has 2 saturated heterocycles. The molecule has 2 amide bonds. The predicted molar refractivity (Wildman–Crippen MR) is 75.6 cm³/mol. The molecule has 2 aliphatic heterocycles. The maximum Gasteiger partial charge on any atom is 0.326 e. The van der Waals surface area contributed by atoms with Crippen molar-refractivity contribution in [2.45, 2.75) is 38.3 Å². The van der Waals surface area contributed by atoms with E-state index in [-0.39, 0.29) is 11.9 Å². The molecule has 114 valence electrons. The number of hydrogen-bond donors (Lipinski definition) is 1. The molecule has 0 spiro atoms. The number of carboxylic acids is 1. The van der Waals surface area contributed by atoms with Gasteiger partial charge < -0.3 is 19.8 Å². The van der Waals surface area contributed by atoms with Crippen LogP contribution >= 0.6 is 0 Å². The van der Waals surface area contributed by atoms with Crippen molar-refractivity contribution in [1.82, 2.24) is 14.7 Å². The summed E-state index contributed by atoms with van der Waals surface area (Å²) in [6.45, 7) is 3.90. The highest BCUT2D eigenvalue weighted by Gasteiger charge is 2.41. The third-order valence-corrected chi connectivity index (χ3v) is 4.60. The van der Waals surface area contributed by atoms with E-state index in [1.165, 1.54) is 0 Å². The zero-order valence-corrected chi connectivity index (χ0v) is 12.6. The van der Waals surface area contributed by atoms with Crippen molar-refractivity contribution < 1.29 is 14.7 Å². The summed E-state index contributed by atoms with van der Waals surface area (Å²) >= 11 is 0. The lowest BCUT2D eigenvalue weighted by atomic mass is 10.0. The minimum atomic E-state index is -0.885. The van der Waals surface area contributed by atoms with Crippen LogP contribution in [0.3, 0.4) is 0 Å². The lowest BCUT2D eigenvalue weighted by molar-refractivity contribution is -0.142. The first-order valence-electron chi connectivity index (χ1n) is 7.36. The van der Waals surface area contributed by atoms with Gasteiger partial charge in [-0.2, -0.15) is 0 Å². The number of urea groups is 1. The maximum absolute atomic E-state index is 12.6. The highest BCUT2D eigenvalue weighted by Crippen LogP contribution is 2.26. The Morgan fingerprint density at radius 1 is 1.20 bits per heavy atom. The van der Waals surface area contributed by atoms with Crippen LogP contribution in [0.15, 0.2) is 0 Å². The van der Waals surface area contributed by atoms with E-state index in [1.807, 2.05) is 25.9 Å². The second kappa shape index (κ2) is 5.99. The van der Waals surface area contributed by atoms with E-state index in [9.17, 15) is 14.7 Å². The van der Waals surface area contributed by atoms with Crippen LogP contribution in [-0.2, 0) is 4.79 Å². The predicted octanol–water partition coefficient (Wildman–Crippen LogP) is 0.927. The highest BCUT2D eigenvalue weighted by molar-refractivity contribution is 5.83. The number of hydrogen-bond acceptors (Lipinski definition) is 3. The van der Waals surface area contributed by atoms with Crippen LogP contribution in [-0.4, -0.2) is 77.6 Å². The second-order valence-electron chi connectivity index (χ2n) is 6.23. The van der Waals surface area contributed by atoms with Crippen molar-refractivity contribution in [3.05, 3.63) is 0 Å². The largest absolute Gasteiger partial charge is 0.480 e. The summed E-state index contributed by atoms with van der Waals surface area (Å²) in [5.74, 6) is -0.851. The van der Waals surface area contributed by atoms with Gasteiger partial charge in [0.25, 0.3) is 0 Å². The van der Waals surface area contributed by atoms with Crippen LogP contribution in [0.4, 0.5) is 4.79 Å². The monoisotopic (exact) mass is 283 g/mol. The number of likely N-dealkylation sites (tertiary alicyclic amines) is 2. The number of piperidine rings is 1. The highest BCUT2D eigenvalue weighted by atomic mass is 16.4. The van der Waals surface area contributed by atoms with Crippen LogP contribution in [0.5, 0.6) is 0 Å². The van der Waals surface area contributed by atoms with Gasteiger partial charge in [0, 0.05) is 25.7 Å². The molecule has 2 heterocycles. The Hall–Kier alpha value is -1.30. The molecule has 0 saturated carbocycles. The first-order chi connectivity index (χ1) is 9.41. The van der Waals surface area contributed by atoms with Gasteiger partial charge >= 0.3 is 12.0 Å². The average Bonchev–Trinajstić information content (AvgIpc) is 2.80. The summed E-state index contributed by atoms with van der Waals surface area (Å²) in [5.41, 5.74) is 0. The molecule has 0 aromatic rings. The summed E-state index contributed by atoms with van der Waals surface area (Å²) in [5, 5.41) is 9.32. The Morgan fingerprint density at radius 3 is 2.50 bits per heavy atom. The Bertz CT molecular complexity index is 386. The van der Waals surface area contributed by atoms with Gasteiger partial charge in [-0.25, -0.2) is 9.59 Å². The number of carbonyl (C=O) groups excluding carboxylic acids is 1. The first kappa shape index (κ1) is 15.1. The molecule has 20 heavy (non-hydrogen) atoms. The van der Waals surface area contributed by atoms with Gasteiger partial charge in [-0.15, -0.1) is 0 Å². The van der Waals surface area contributed by atoms with Gasteiger partial charge in [-0.05, 0) is 39.3 Å². The molecule has 2 rings (SSSR count). The molecule has 0 bridgehead atoms. The lowest BCUT2D eigenvalue weighted by Gasteiger charge is -2.38. The normalized spacial score (nSPS) is 30.9. The van der Waals surface area contributed by atoms with Gasteiger partial charge in [-0.3, -0.25) is 0 Å². The fourth-order valence-electron chi connectivity index (χ4n) is 3.27. The van der Waals surface area contributed by atoms with Crippen LogP contribution in [0, 0.1) is 5.92 Å². The van der Waals surface area contributed by atoms with Crippen LogP contribution in [0.2, 0.25) is 0 Å². The third kappa shape index (κ3) is 2.90. The standard InChI is InChI=1S/C14H25N3O3/c1-10-6-8-17(12(10)13(18)19)14(20)16-7-4-5-11(9-16)15(2)3/h10-12H,4-9H2,1-3H3,(H,18,19). The van der Waals surface area contributed by atoms with E-state index in [0.717, 1.165) is 25.8 Å². The van der Waals surface area contributed by atoms with Crippen molar-refractivity contribution in [3.8, 4) is 0 Å². The molecule has 0 aromatic carbocycles. The van der Waals surface area contributed by atoms with E-state index in [2.05, 4.69) is 4.90 Å². The summed E-state index contributed by atoms with van der Waals surface area (Å²) in [6, 6.07) is -0.397. The zero-order valence-electron chi connectivity index (χ0n) is 12.6.